The SMILES string of the molecule is NC(=O)Cc1csc(NC(=O)c2ccc(CN3C(=O)CSC3=S)cc2)n1. The maximum atomic E-state index is 12.3. The van der Waals surface area contributed by atoms with Crippen molar-refractivity contribution in [3.63, 3.8) is 0 Å². The Morgan fingerprint density at radius 3 is 2.65 bits per heavy atom. The molecule has 0 saturated carbocycles. The van der Waals surface area contributed by atoms with Gasteiger partial charge >= 0.3 is 0 Å². The molecule has 26 heavy (non-hydrogen) atoms. The Hall–Kier alpha value is -2.30. The van der Waals surface area contributed by atoms with Crippen molar-refractivity contribution in [3.05, 3.63) is 46.5 Å². The number of thioether (sulfide) groups is 1. The van der Waals surface area contributed by atoms with Gasteiger partial charge in [-0.2, -0.15) is 0 Å². The van der Waals surface area contributed by atoms with E-state index >= 15 is 0 Å². The zero-order chi connectivity index (χ0) is 18.7. The molecule has 0 atom stereocenters. The van der Waals surface area contributed by atoms with E-state index in [2.05, 4.69) is 10.3 Å². The highest BCUT2D eigenvalue weighted by Gasteiger charge is 2.26. The van der Waals surface area contributed by atoms with Crippen LogP contribution in [0, 0.1) is 0 Å². The topological polar surface area (TPSA) is 105 Å². The van der Waals surface area contributed by atoms with Crippen LogP contribution in [0.25, 0.3) is 0 Å². The monoisotopic (exact) mass is 406 g/mol. The molecular formula is C16H14N4O3S3. The van der Waals surface area contributed by atoms with E-state index in [9.17, 15) is 14.4 Å². The lowest BCUT2D eigenvalue weighted by Gasteiger charge is -2.15. The number of benzene rings is 1. The zero-order valence-electron chi connectivity index (χ0n) is 13.4. The number of amides is 3. The molecule has 0 bridgehead atoms. The summed E-state index contributed by atoms with van der Waals surface area (Å²) in [5.41, 5.74) is 7.00. The normalized spacial score (nSPS) is 13.9. The number of thiocarbonyl (C=S) groups is 1. The number of aromatic nitrogens is 1. The number of hydrogen-bond acceptors (Lipinski definition) is 7. The van der Waals surface area contributed by atoms with Gasteiger partial charge in [-0.3, -0.25) is 24.6 Å². The van der Waals surface area contributed by atoms with Gasteiger partial charge in [-0.25, -0.2) is 4.98 Å². The van der Waals surface area contributed by atoms with Gasteiger partial charge in [0.15, 0.2) is 5.13 Å². The van der Waals surface area contributed by atoms with Crippen molar-refractivity contribution in [2.24, 2.45) is 5.73 Å². The van der Waals surface area contributed by atoms with Crippen molar-refractivity contribution in [1.82, 2.24) is 9.88 Å². The summed E-state index contributed by atoms with van der Waals surface area (Å²) in [4.78, 5) is 40.6. The van der Waals surface area contributed by atoms with E-state index in [1.165, 1.54) is 23.1 Å². The Labute approximate surface area is 163 Å². The lowest BCUT2D eigenvalue weighted by molar-refractivity contribution is -0.124. The van der Waals surface area contributed by atoms with Crippen LogP contribution in [0.5, 0.6) is 0 Å². The van der Waals surface area contributed by atoms with E-state index in [1.54, 1.807) is 34.5 Å². The fourth-order valence-electron chi connectivity index (χ4n) is 2.27. The lowest BCUT2D eigenvalue weighted by Crippen LogP contribution is -2.27. The molecule has 2 heterocycles. The molecule has 134 valence electrons. The maximum absolute atomic E-state index is 12.3. The summed E-state index contributed by atoms with van der Waals surface area (Å²) in [6, 6.07) is 6.93. The Morgan fingerprint density at radius 1 is 1.31 bits per heavy atom. The second-order valence-electron chi connectivity index (χ2n) is 5.47. The number of nitrogens with one attached hydrogen (secondary N) is 1. The molecule has 3 N–H and O–H groups in total. The highest BCUT2D eigenvalue weighted by molar-refractivity contribution is 8.23. The van der Waals surface area contributed by atoms with Gasteiger partial charge in [-0.15, -0.1) is 11.3 Å². The number of hydrogen-bond donors (Lipinski definition) is 2. The molecule has 7 nitrogen and oxygen atoms in total. The number of rotatable bonds is 6. The number of thiazole rings is 1. The standard InChI is InChI=1S/C16H14N4O3S3/c17-12(21)5-11-7-25-15(18-11)19-14(23)10-3-1-9(2-4-10)6-20-13(22)8-26-16(20)24/h1-4,7H,5-6,8H2,(H2,17,21)(H,18,19,23). The number of primary amides is 1. The average molecular weight is 407 g/mol. The van der Waals surface area contributed by atoms with Gasteiger partial charge in [-0.1, -0.05) is 36.1 Å². The molecule has 1 fully saturated rings. The molecule has 1 saturated heterocycles. The Morgan fingerprint density at radius 2 is 2.04 bits per heavy atom. The third-order valence-corrected chi connectivity index (χ3v) is 5.76. The Kier molecular flexibility index (Phi) is 5.64. The molecular weight excluding hydrogens is 392 g/mol. The van der Waals surface area contributed by atoms with Crippen molar-refractivity contribution in [1.29, 1.82) is 0 Å². The summed E-state index contributed by atoms with van der Waals surface area (Å²) in [6.45, 7) is 0.398. The quantitative estimate of drug-likeness (QED) is 0.709. The predicted molar refractivity (Wildman–Crippen MR) is 105 cm³/mol. The number of carbonyl (C=O) groups excluding carboxylic acids is 3. The minimum atomic E-state index is -0.474. The van der Waals surface area contributed by atoms with Gasteiger partial charge in [-0.05, 0) is 17.7 Å². The van der Waals surface area contributed by atoms with Crippen LogP contribution in [0.2, 0.25) is 0 Å². The first kappa shape index (κ1) is 18.5. The van der Waals surface area contributed by atoms with E-state index in [-0.39, 0.29) is 18.2 Å². The molecule has 0 radical (unpaired) electrons. The molecule has 0 unspecified atom stereocenters. The number of anilines is 1. The molecule has 3 amide bonds. The third-order valence-electron chi connectivity index (χ3n) is 3.52. The highest BCUT2D eigenvalue weighted by atomic mass is 32.2. The van der Waals surface area contributed by atoms with Gasteiger partial charge in [0, 0.05) is 10.9 Å². The summed E-state index contributed by atoms with van der Waals surface area (Å²) in [7, 11) is 0. The minimum Gasteiger partial charge on any atom is -0.369 e. The van der Waals surface area contributed by atoms with E-state index in [0.29, 0.717) is 33.0 Å². The van der Waals surface area contributed by atoms with Crippen LogP contribution < -0.4 is 11.1 Å². The van der Waals surface area contributed by atoms with Crippen LogP contribution in [-0.4, -0.2) is 37.7 Å². The first-order valence-corrected chi connectivity index (χ1v) is 9.80. The minimum absolute atomic E-state index is 0.00245. The van der Waals surface area contributed by atoms with Gasteiger partial charge in [0.1, 0.15) is 4.32 Å². The number of carbonyl (C=O) groups is 3. The largest absolute Gasteiger partial charge is 0.369 e. The molecule has 1 aliphatic heterocycles. The number of nitrogens with zero attached hydrogens (tertiary/aromatic N) is 2. The molecule has 2 aromatic rings. The average Bonchev–Trinajstić information content (AvgIpc) is 3.16. The van der Waals surface area contributed by atoms with Crippen LogP contribution >= 0.6 is 35.3 Å². The van der Waals surface area contributed by atoms with Crippen LogP contribution in [0.1, 0.15) is 21.6 Å². The summed E-state index contributed by atoms with van der Waals surface area (Å²) in [6.07, 6.45) is 0.0381. The predicted octanol–water partition coefficient (Wildman–Crippen LogP) is 1.78. The van der Waals surface area contributed by atoms with Gasteiger partial charge in [0.25, 0.3) is 5.91 Å². The smallest absolute Gasteiger partial charge is 0.257 e. The van der Waals surface area contributed by atoms with Crippen molar-refractivity contribution < 1.29 is 14.4 Å². The van der Waals surface area contributed by atoms with E-state index in [4.69, 9.17) is 18.0 Å². The molecule has 0 aliphatic carbocycles. The zero-order valence-corrected chi connectivity index (χ0v) is 15.9. The fourth-order valence-corrected chi connectivity index (χ4v) is 4.04. The molecule has 0 spiro atoms. The van der Waals surface area contributed by atoms with Crippen molar-refractivity contribution >= 4 is 62.5 Å². The second-order valence-corrected chi connectivity index (χ2v) is 7.94. The second kappa shape index (κ2) is 7.94. The van der Waals surface area contributed by atoms with Crippen molar-refractivity contribution in [2.75, 3.05) is 11.1 Å². The number of nitrogens with two attached hydrogens (primary N) is 1. The molecule has 1 aromatic carbocycles. The van der Waals surface area contributed by atoms with Crippen molar-refractivity contribution in [3.8, 4) is 0 Å². The fraction of sp³-hybridized carbons (Fsp3) is 0.188. The third kappa shape index (κ3) is 4.45. The Bertz CT molecular complexity index is 863. The maximum Gasteiger partial charge on any atom is 0.257 e. The Balaban J connectivity index is 1.61. The first-order valence-electron chi connectivity index (χ1n) is 7.52. The van der Waals surface area contributed by atoms with E-state index in [0.717, 1.165) is 5.56 Å². The lowest BCUT2D eigenvalue weighted by atomic mass is 10.1. The van der Waals surface area contributed by atoms with Crippen molar-refractivity contribution in [2.45, 2.75) is 13.0 Å². The molecule has 1 aliphatic rings. The van der Waals surface area contributed by atoms with Crippen LogP contribution in [0.15, 0.2) is 29.6 Å². The highest BCUT2D eigenvalue weighted by Crippen LogP contribution is 2.22. The molecule has 3 rings (SSSR count). The van der Waals surface area contributed by atoms with Crippen LogP contribution in [0.3, 0.4) is 0 Å². The van der Waals surface area contributed by atoms with Gasteiger partial charge in [0.05, 0.1) is 24.4 Å². The van der Waals surface area contributed by atoms with E-state index < -0.39 is 5.91 Å². The van der Waals surface area contributed by atoms with Crippen LogP contribution in [0.4, 0.5) is 5.13 Å². The van der Waals surface area contributed by atoms with Gasteiger partial charge in [0.2, 0.25) is 11.8 Å². The molecule has 1 aromatic heterocycles. The summed E-state index contributed by atoms with van der Waals surface area (Å²) < 4.78 is 0.576. The summed E-state index contributed by atoms with van der Waals surface area (Å²) >= 11 is 7.74. The first-order chi connectivity index (χ1) is 12.4. The van der Waals surface area contributed by atoms with E-state index in [1.807, 2.05) is 0 Å². The molecule has 10 heteroatoms. The summed E-state index contributed by atoms with van der Waals surface area (Å²) in [5, 5.41) is 4.77. The summed E-state index contributed by atoms with van der Waals surface area (Å²) in [5.74, 6) is -0.402. The van der Waals surface area contributed by atoms with Crippen LogP contribution in [-0.2, 0) is 22.6 Å². The van der Waals surface area contributed by atoms with Gasteiger partial charge < -0.3 is 5.73 Å².